The molecular formula is C13H13NO4S. The average molecular weight is 279 g/mol. The molecule has 1 heterocycles. The van der Waals surface area contributed by atoms with Crippen LogP contribution in [0, 0.1) is 5.92 Å². The maximum absolute atomic E-state index is 12.0. The van der Waals surface area contributed by atoms with Gasteiger partial charge in [-0.1, -0.05) is 25.2 Å². The second kappa shape index (κ2) is 4.97. The topological polar surface area (TPSA) is 65.4 Å². The van der Waals surface area contributed by atoms with E-state index in [4.69, 9.17) is 4.74 Å². The molecule has 2 aromatic rings. The summed E-state index contributed by atoms with van der Waals surface area (Å²) in [5.41, 5.74) is 0.479. The third-order valence-corrected chi connectivity index (χ3v) is 3.45. The number of hydrogen-bond donors (Lipinski definition) is 0. The Morgan fingerprint density at radius 1 is 1.32 bits per heavy atom. The van der Waals surface area contributed by atoms with Gasteiger partial charge in [-0.25, -0.2) is 4.57 Å². The molecule has 0 N–H and O–H groups in total. The van der Waals surface area contributed by atoms with Gasteiger partial charge in [0.25, 0.3) is 0 Å². The quantitative estimate of drug-likeness (QED) is 0.625. The van der Waals surface area contributed by atoms with Crippen LogP contribution >= 0.6 is 11.3 Å². The first-order valence-electron chi connectivity index (χ1n) is 5.78. The summed E-state index contributed by atoms with van der Waals surface area (Å²) >= 11 is 0.998. The Morgan fingerprint density at radius 3 is 2.58 bits per heavy atom. The minimum Gasteiger partial charge on any atom is -0.427 e. The lowest BCUT2D eigenvalue weighted by Gasteiger charge is -2.06. The zero-order valence-electron chi connectivity index (χ0n) is 10.8. The number of nitrogens with zero attached hydrogens (tertiary/aromatic N) is 1. The number of carbonyl (C=O) groups is 2. The van der Waals surface area contributed by atoms with Crippen molar-refractivity contribution in [1.29, 1.82) is 0 Å². The van der Waals surface area contributed by atoms with E-state index in [2.05, 4.69) is 0 Å². The molecule has 5 nitrogen and oxygen atoms in total. The van der Waals surface area contributed by atoms with Gasteiger partial charge in [0.1, 0.15) is 5.75 Å². The second-order valence-corrected chi connectivity index (χ2v) is 5.41. The van der Waals surface area contributed by atoms with Crippen LogP contribution in [-0.2, 0) is 4.79 Å². The number of aromatic nitrogens is 1. The summed E-state index contributed by atoms with van der Waals surface area (Å²) < 4.78 is 6.79. The second-order valence-electron chi connectivity index (χ2n) is 4.42. The van der Waals surface area contributed by atoms with E-state index in [9.17, 15) is 14.4 Å². The van der Waals surface area contributed by atoms with E-state index in [-0.39, 0.29) is 16.7 Å². The Balaban J connectivity index is 2.63. The van der Waals surface area contributed by atoms with Gasteiger partial charge >= 0.3 is 10.8 Å². The molecule has 0 saturated carbocycles. The molecule has 0 fully saturated rings. The van der Waals surface area contributed by atoms with E-state index in [0.717, 1.165) is 15.9 Å². The molecule has 0 atom stereocenters. The van der Waals surface area contributed by atoms with Crippen molar-refractivity contribution in [3.63, 3.8) is 0 Å². The van der Waals surface area contributed by atoms with E-state index in [1.54, 1.807) is 26.0 Å². The Hall–Kier alpha value is -1.95. The molecule has 0 amide bonds. The minimum absolute atomic E-state index is 0.267. The highest BCUT2D eigenvalue weighted by molar-refractivity contribution is 7.16. The molecule has 0 saturated heterocycles. The SMILES string of the molecule is CC(=O)Oc1ccc2sc(=O)n(C(=O)C(C)C)c2c1. The maximum Gasteiger partial charge on any atom is 0.314 e. The fourth-order valence-electron chi connectivity index (χ4n) is 1.69. The zero-order chi connectivity index (χ0) is 14.2. The molecule has 0 aliphatic carbocycles. The number of thiazole rings is 1. The standard InChI is InChI=1S/C13H13NO4S/c1-7(2)12(16)14-10-6-9(18-8(3)15)4-5-11(10)19-13(14)17/h4-7H,1-3H3. The Morgan fingerprint density at radius 2 is 2.00 bits per heavy atom. The first-order chi connectivity index (χ1) is 8.90. The van der Waals surface area contributed by atoms with Crippen molar-refractivity contribution in [2.24, 2.45) is 5.92 Å². The van der Waals surface area contributed by atoms with E-state index in [1.165, 1.54) is 13.0 Å². The molecule has 19 heavy (non-hydrogen) atoms. The molecule has 0 aliphatic rings. The lowest BCUT2D eigenvalue weighted by Crippen LogP contribution is -2.25. The molecule has 0 bridgehead atoms. The van der Waals surface area contributed by atoms with Crippen molar-refractivity contribution < 1.29 is 14.3 Å². The van der Waals surface area contributed by atoms with Gasteiger partial charge in [0.05, 0.1) is 10.2 Å². The van der Waals surface area contributed by atoms with E-state index >= 15 is 0 Å². The van der Waals surface area contributed by atoms with Gasteiger partial charge in [-0.05, 0) is 12.1 Å². The van der Waals surface area contributed by atoms with Crippen molar-refractivity contribution in [2.45, 2.75) is 20.8 Å². The van der Waals surface area contributed by atoms with Crippen LogP contribution in [0.5, 0.6) is 5.75 Å². The molecule has 2 rings (SSSR count). The predicted octanol–water partition coefficient (Wildman–Crippen LogP) is 2.28. The van der Waals surface area contributed by atoms with Gasteiger partial charge in [-0.15, -0.1) is 0 Å². The Labute approximate surface area is 113 Å². The fourth-order valence-corrected chi connectivity index (χ4v) is 2.55. The number of carbonyl (C=O) groups excluding carboxylic acids is 2. The molecule has 1 aromatic carbocycles. The monoisotopic (exact) mass is 279 g/mol. The van der Waals surface area contributed by atoms with Crippen molar-refractivity contribution >= 4 is 33.4 Å². The lowest BCUT2D eigenvalue weighted by molar-refractivity contribution is -0.131. The minimum atomic E-state index is -0.446. The lowest BCUT2D eigenvalue weighted by atomic mass is 10.2. The highest BCUT2D eigenvalue weighted by Gasteiger charge is 2.17. The number of esters is 1. The summed E-state index contributed by atoms with van der Waals surface area (Å²) in [5, 5.41) is 0. The van der Waals surface area contributed by atoms with Gasteiger partial charge in [-0.3, -0.25) is 14.4 Å². The van der Waals surface area contributed by atoms with Gasteiger partial charge in [0, 0.05) is 18.9 Å². The average Bonchev–Trinajstić information content (AvgIpc) is 2.62. The summed E-state index contributed by atoms with van der Waals surface area (Å²) in [6.45, 7) is 4.76. The van der Waals surface area contributed by atoms with Crippen LogP contribution in [0.25, 0.3) is 10.2 Å². The van der Waals surface area contributed by atoms with Crippen molar-refractivity contribution in [3.05, 3.63) is 27.9 Å². The Bertz CT molecular complexity index is 711. The summed E-state index contributed by atoms with van der Waals surface area (Å²) in [5.74, 6) is -0.675. The highest BCUT2D eigenvalue weighted by atomic mass is 32.1. The molecule has 0 radical (unpaired) electrons. The number of benzene rings is 1. The molecule has 0 aliphatic heterocycles. The number of ether oxygens (including phenoxy) is 1. The smallest absolute Gasteiger partial charge is 0.314 e. The van der Waals surface area contributed by atoms with Gasteiger partial charge in [0.2, 0.25) is 5.91 Å². The van der Waals surface area contributed by atoms with Crippen LogP contribution in [0.2, 0.25) is 0 Å². The normalized spacial score (nSPS) is 10.9. The summed E-state index contributed by atoms with van der Waals surface area (Å²) in [6.07, 6.45) is 0. The van der Waals surface area contributed by atoms with Crippen LogP contribution in [0.15, 0.2) is 23.0 Å². The maximum atomic E-state index is 12.0. The third kappa shape index (κ3) is 2.58. The summed E-state index contributed by atoms with van der Waals surface area (Å²) in [6, 6.07) is 4.81. The van der Waals surface area contributed by atoms with E-state index in [1.807, 2.05) is 0 Å². The van der Waals surface area contributed by atoms with Crippen LogP contribution in [0.3, 0.4) is 0 Å². The first kappa shape index (κ1) is 13.5. The Kier molecular flexibility index (Phi) is 3.53. The third-order valence-electron chi connectivity index (χ3n) is 2.53. The van der Waals surface area contributed by atoms with Crippen molar-refractivity contribution in [1.82, 2.24) is 4.57 Å². The number of hydrogen-bond acceptors (Lipinski definition) is 5. The molecular weight excluding hydrogens is 266 g/mol. The van der Waals surface area contributed by atoms with Crippen molar-refractivity contribution in [3.8, 4) is 5.75 Å². The van der Waals surface area contributed by atoms with E-state index < -0.39 is 5.97 Å². The molecule has 0 spiro atoms. The molecule has 0 unspecified atom stereocenters. The number of rotatable bonds is 2. The van der Waals surface area contributed by atoms with Crippen LogP contribution < -0.4 is 9.61 Å². The van der Waals surface area contributed by atoms with Crippen LogP contribution in [0.4, 0.5) is 0 Å². The van der Waals surface area contributed by atoms with Crippen molar-refractivity contribution in [2.75, 3.05) is 0 Å². The zero-order valence-corrected chi connectivity index (χ0v) is 11.6. The number of fused-ring (bicyclic) bond motifs is 1. The predicted molar refractivity (Wildman–Crippen MR) is 72.9 cm³/mol. The van der Waals surface area contributed by atoms with Crippen LogP contribution in [0.1, 0.15) is 25.6 Å². The summed E-state index contributed by atoms with van der Waals surface area (Å²) in [7, 11) is 0. The first-order valence-corrected chi connectivity index (χ1v) is 6.60. The fraction of sp³-hybridized carbons (Fsp3) is 0.308. The van der Waals surface area contributed by atoms with Gasteiger partial charge in [-0.2, -0.15) is 0 Å². The largest absolute Gasteiger partial charge is 0.427 e. The molecule has 6 heteroatoms. The molecule has 100 valence electrons. The summed E-state index contributed by atoms with van der Waals surface area (Å²) in [4.78, 5) is 34.5. The van der Waals surface area contributed by atoms with Crippen LogP contribution in [-0.4, -0.2) is 16.4 Å². The molecule has 1 aromatic heterocycles. The van der Waals surface area contributed by atoms with Gasteiger partial charge < -0.3 is 4.74 Å². The van der Waals surface area contributed by atoms with Gasteiger partial charge in [0.15, 0.2) is 0 Å². The highest BCUT2D eigenvalue weighted by Crippen LogP contribution is 2.23. The van der Waals surface area contributed by atoms with E-state index in [0.29, 0.717) is 16.0 Å².